The molecule has 0 aliphatic heterocycles. The number of hydrogen-bond acceptors (Lipinski definition) is 1. The van der Waals surface area contributed by atoms with Gasteiger partial charge in [0.25, 0.3) is 5.91 Å². The van der Waals surface area contributed by atoms with E-state index in [9.17, 15) is 4.79 Å². The lowest BCUT2D eigenvalue weighted by molar-refractivity contribution is 0.0828. The molecule has 1 N–H and O–H groups in total. The van der Waals surface area contributed by atoms with Gasteiger partial charge in [0.1, 0.15) is 0 Å². The maximum Gasteiger partial charge on any atom is 0.256 e. The molecule has 1 aromatic heterocycles. The van der Waals surface area contributed by atoms with Gasteiger partial charge < -0.3 is 9.88 Å². The smallest absolute Gasteiger partial charge is 0.256 e. The largest absolute Gasteiger partial charge is 0.366 e. The Bertz CT molecular complexity index is 267. The molecule has 11 heavy (non-hydrogen) atoms. The summed E-state index contributed by atoms with van der Waals surface area (Å²) in [5.41, 5.74) is 0.511. The maximum absolute atomic E-state index is 11.2. The molecule has 3 nitrogen and oxygen atoms in total. The summed E-state index contributed by atoms with van der Waals surface area (Å²) < 4.78 is 0. The molecule has 1 heterocycles. The number of aromatic amines is 1. The number of amides is 1. The van der Waals surface area contributed by atoms with Crippen molar-refractivity contribution in [2.45, 2.75) is 0 Å². The van der Waals surface area contributed by atoms with Crippen LogP contribution in [0.3, 0.4) is 0 Å². The van der Waals surface area contributed by atoms with Gasteiger partial charge in [-0.1, -0.05) is 11.6 Å². The van der Waals surface area contributed by atoms with E-state index in [2.05, 4.69) is 4.98 Å². The van der Waals surface area contributed by atoms with Crippen molar-refractivity contribution in [2.75, 3.05) is 14.1 Å². The van der Waals surface area contributed by atoms with E-state index in [0.717, 1.165) is 0 Å². The zero-order chi connectivity index (χ0) is 8.43. The highest BCUT2D eigenvalue weighted by molar-refractivity contribution is 6.33. The van der Waals surface area contributed by atoms with E-state index in [0.29, 0.717) is 10.6 Å². The summed E-state index contributed by atoms with van der Waals surface area (Å²) in [5, 5.41) is 0.462. The molecule has 1 rings (SSSR count). The molecule has 4 heteroatoms. The molecule has 0 bridgehead atoms. The van der Waals surface area contributed by atoms with Gasteiger partial charge in [0, 0.05) is 26.5 Å². The van der Waals surface area contributed by atoms with Gasteiger partial charge in [-0.05, 0) is 0 Å². The normalized spacial score (nSPS) is 9.73. The number of rotatable bonds is 1. The van der Waals surface area contributed by atoms with E-state index in [1.807, 2.05) is 0 Å². The van der Waals surface area contributed by atoms with Crippen LogP contribution < -0.4 is 0 Å². The number of carbonyl (C=O) groups excluding carboxylic acids is 1. The average molecular weight is 173 g/mol. The van der Waals surface area contributed by atoms with Crippen LogP contribution in [-0.2, 0) is 0 Å². The third kappa shape index (κ3) is 1.54. The molecular weight excluding hydrogens is 164 g/mol. The lowest BCUT2D eigenvalue weighted by Gasteiger charge is -2.07. The summed E-state index contributed by atoms with van der Waals surface area (Å²) in [6, 6.07) is 0. The quantitative estimate of drug-likeness (QED) is 0.683. The van der Waals surface area contributed by atoms with Crippen LogP contribution >= 0.6 is 11.6 Å². The summed E-state index contributed by atoms with van der Waals surface area (Å²) in [6.45, 7) is 0. The highest BCUT2D eigenvalue weighted by atomic mass is 35.5. The number of nitrogens with one attached hydrogen (secondary N) is 1. The fourth-order valence-corrected chi connectivity index (χ4v) is 0.948. The lowest BCUT2D eigenvalue weighted by Crippen LogP contribution is -2.21. The molecule has 0 aromatic carbocycles. The summed E-state index contributed by atoms with van der Waals surface area (Å²) in [5.74, 6) is -0.0868. The number of carbonyl (C=O) groups is 1. The molecule has 0 saturated heterocycles. The molecule has 0 unspecified atom stereocenters. The first-order valence-corrected chi connectivity index (χ1v) is 3.54. The van der Waals surface area contributed by atoms with Crippen LogP contribution in [0.4, 0.5) is 0 Å². The Labute approximate surface area is 70.0 Å². The van der Waals surface area contributed by atoms with Gasteiger partial charge in [-0.15, -0.1) is 0 Å². The molecule has 60 valence electrons. The molecule has 0 spiro atoms. The molecule has 1 aromatic rings. The average Bonchev–Trinajstić information content (AvgIpc) is 2.33. The second kappa shape index (κ2) is 2.96. The second-order valence-corrected chi connectivity index (χ2v) is 2.82. The Morgan fingerprint density at radius 2 is 2.18 bits per heavy atom. The first-order chi connectivity index (χ1) is 5.13. The van der Waals surface area contributed by atoms with Crippen molar-refractivity contribution in [3.8, 4) is 0 Å². The van der Waals surface area contributed by atoms with Crippen molar-refractivity contribution in [3.05, 3.63) is 23.0 Å². The van der Waals surface area contributed by atoms with E-state index >= 15 is 0 Å². The van der Waals surface area contributed by atoms with Gasteiger partial charge in [0.2, 0.25) is 0 Å². The van der Waals surface area contributed by atoms with Crippen LogP contribution in [-0.4, -0.2) is 29.9 Å². The molecule has 1 amide bonds. The van der Waals surface area contributed by atoms with Crippen LogP contribution in [0.25, 0.3) is 0 Å². The third-order valence-electron chi connectivity index (χ3n) is 1.33. The van der Waals surface area contributed by atoms with Crippen LogP contribution in [0.15, 0.2) is 12.4 Å². The Hall–Kier alpha value is -0.960. The predicted octanol–water partition coefficient (Wildman–Crippen LogP) is 1.37. The number of aromatic nitrogens is 1. The van der Waals surface area contributed by atoms with E-state index in [1.54, 1.807) is 26.5 Å². The zero-order valence-corrected chi connectivity index (χ0v) is 7.14. The van der Waals surface area contributed by atoms with Crippen molar-refractivity contribution in [3.63, 3.8) is 0 Å². The van der Waals surface area contributed by atoms with Gasteiger partial charge in [0.15, 0.2) is 0 Å². The third-order valence-corrected chi connectivity index (χ3v) is 1.64. The molecule has 0 aliphatic carbocycles. The summed E-state index contributed by atoms with van der Waals surface area (Å²) >= 11 is 5.70. The Morgan fingerprint density at radius 1 is 1.55 bits per heavy atom. The van der Waals surface area contributed by atoms with Crippen molar-refractivity contribution in [2.24, 2.45) is 0 Å². The highest BCUT2D eigenvalue weighted by Gasteiger charge is 2.11. The summed E-state index contributed by atoms with van der Waals surface area (Å²) in [4.78, 5) is 15.5. The molecule has 0 saturated carbocycles. The fraction of sp³-hybridized carbons (Fsp3) is 0.286. The Morgan fingerprint density at radius 3 is 2.55 bits per heavy atom. The molecule has 0 atom stereocenters. The minimum atomic E-state index is -0.0868. The van der Waals surface area contributed by atoms with Crippen LogP contribution in [0.5, 0.6) is 0 Å². The van der Waals surface area contributed by atoms with Crippen LogP contribution in [0.2, 0.25) is 5.02 Å². The molecule has 0 radical (unpaired) electrons. The first-order valence-electron chi connectivity index (χ1n) is 3.17. The zero-order valence-electron chi connectivity index (χ0n) is 6.39. The predicted molar refractivity (Wildman–Crippen MR) is 43.8 cm³/mol. The Balaban J connectivity index is 2.93. The van der Waals surface area contributed by atoms with Crippen molar-refractivity contribution < 1.29 is 4.79 Å². The van der Waals surface area contributed by atoms with Crippen molar-refractivity contribution in [1.29, 1.82) is 0 Å². The number of nitrogens with zero attached hydrogens (tertiary/aromatic N) is 1. The van der Waals surface area contributed by atoms with Gasteiger partial charge in [-0.3, -0.25) is 4.79 Å². The number of hydrogen-bond donors (Lipinski definition) is 1. The molecule has 0 aliphatic rings. The Kier molecular flexibility index (Phi) is 2.19. The molecular formula is C7H9ClN2O. The molecule has 0 fully saturated rings. The summed E-state index contributed by atoms with van der Waals surface area (Å²) in [7, 11) is 3.37. The van der Waals surface area contributed by atoms with Crippen molar-refractivity contribution in [1.82, 2.24) is 9.88 Å². The monoisotopic (exact) mass is 172 g/mol. The van der Waals surface area contributed by atoms with Crippen LogP contribution in [0.1, 0.15) is 10.4 Å². The standard InChI is InChI=1S/C7H9ClN2O/c1-10(2)7(11)5-3-9-4-6(5)8/h3-4,9H,1-2H3. The summed E-state index contributed by atoms with van der Waals surface area (Å²) in [6.07, 6.45) is 3.17. The topological polar surface area (TPSA) is 36.1 Å². The van der Waals surface area contributed by atoms with E-state index in [1.165, 1.54) is 4.90 Å². The SMILES string of the molecule is CN(C)C(=O)c1c[nH]cc1Cl. The number of halogens is 1. The number of H-pyrrole nitrogens is 1. The van der Waals surface area contributed by atoms with Gasteiger partial charge in [0.05, 0.1) is 10.6 Å². The van der Waals surface area contributed by atoms with Gasteiger partial charge >= 0.3 is 0 Å². The lowest BCUT2D eigenvalue weighted by atomic mass is 10.3. The van der Waals surface area contributed by atoms with E-state index < -0.39 is 0 Å². The van der Waals surface area contributed by atoms with Crippen LogP contribution in [0, 0.1) is 0 Å². The van der Waals surface area contributed by atoms with Gasteiger partial charge in [-0.25, -0.2) is 0 Å². The minimum absolute atomic E-state index is 0.0868. The van der Waals surface area contributed by atoms with Gasteiger partial charge in [-0.2, -0.15) is 0 Å². The first kappa shape index (κ1) is 8.14. The van der Waals surface area contributed by atoms with E-state index in [4.69, 9.17) is 11.6 Å². The second-order valence-electron chi connectivity index (χ2n) is 2.42. The highest BCUT2D eigenvalue weighted by Crippen LogP contribution is 2.15. The van der Waals surface area contributed by atoms with E-state index in [-0.39, 0.29) is 5.91 Å². The minimum Gasteiger partial charge on any atom is -0.366 e. The maximum atomic E-state index is 11.2. The van der Waals surface area contributed by atoms with Crippen molar-refractivity contribution >= 4 is 17.5 Å². The fourth-order valence-electron chi connectivity index (χ4n) is 0.750.